The molecule has 2 aromatic heterocycles. The van der Waals surface area contributed by atoms with Crippen LogP contribution in [0.2, 0.25) is 0 Å². The van der Waals surface area contributed by atoms with Crippen molar-refractivity contribution >= 4 is 18.1 Å². The van der Waals surface area contributed by atoms with Gasteiger partial charge in [0.05, 0.1) is 6.20 Å². The second-order valence-electron chi connectivity index (χ2n) is 4.09. The fourth-order valence-corrected chi connectivity index (χ4v) is 1.92. The molecule has 1 aromatic carbocycles. The summed E-state index contributed by atoms with van der Waals surface area (Å²) in [5.74, 6) is 0.0932. The largest absolute Gasteiger partial charge is 0.270 e. The van der Waals surface area contributed by atoms with Gasteiger partial charge in [-0.3, -0.25) is 15.2 Å². The molecule has 0 saturated carbocycles. The quantitative estimate of drug-likeness (QED) is 0.720. The minimum Gasteiger partial charge on any atom is -0.267 e. The molecule has 2 N–H and O–H groups in total. The van der Waals surface area contributed by atoms with Gasteiger partial charge in [0.2, 0.25) is 10.6 Å². The molecule has 8 heteroatoms. The number of nitrogens with zero attached hydrogens (tertiary/aromatic N) is 4. The van der Waals surface area contributed by atoms with Crippen LogP contribution in [0.25, 0.3) is 11.5 Å². The molecule has 0 fully saturated rings. The molecule has 0 bridgehead atoms. The van der Waals surface area contributed by atoms with Crippen molar-refractivity contribution in [2.75, 3.05) is 5.43 Å². The van der Waals surface area contributed by atoms with Crippen LogP contribution in [-0.2, 0) is 0 Å². The molecule has 0 aliphatic heterocycles. The predicted molar refractivity (Wildman–Crippen MR) is 78.6 cm³/mol. The summed E-state index contributed by atoms with van der Waals surface area (Å²) in [6.07, 6.45) is 4.63. The van der Waals surface area contributed by atoms with Crippen LogP contribution in [0.1, 0.15) is 10.4 Å². The van der Waals surface area contributed by atoms with E-state index in [4.69, 9.17) is 12.2 Å². The Hall–Kier alpha value is -2.87. The maximum Gasteiger partial charge on any atom is 0.270 e. The number of aromatic amines is 1. The van der Waals surface area contributed by atoms with Gasteiger partial charge in [-0.2, -0.15) is 5.10 Å². The Morgan fingerprint density at radius 3 is 2.76 bits per heavy atom. The van der Waals surface area contributed by atoms with Gasteiger partial charge < -0.3 is 0 Å². The summed E-state index contributed by atoms with van der Waals surface area (Å²) >= 11 is 5.12. The number of carbonyl (C=O) groups excluding carboxylic acids is 1. The normalized spacial score (nSPS) is 10.3. The SMILES string of the molecule is O=C(Nn1c(-c2cnccn2)n[nH]c1=S)c1ccccc1. The molecule has 3 aromatic rings. The van der Waals surface area contributed by atoms with Crippen LogP contribution in [-0.4, -0.2) is 30.7 Å². The zero-order valence-electron chi connectivity index (χ0n) is 10.7. The van der Waals surface area contributed by atoms with Crippen molar-refractivity contribution in [1.82, 2.24) is 24.8 Å². The van der Waals surface area contributed by atoms with E-state index in [0.717, 1.165) is 0 Å². The topological polar surface area (TPSA) is 88.5 Å². The molecular weight excluding hydrogens is 288 g/mol. The molecule has 2 heterocycles. The number of benzene rings is 1. The number of amides is 1. The van der Waals surface area contributed by atoms with Gasteiger partial charge in [-0.25, -0.2) is 14.8 Å². The summed E-state index contributed by atoms with van der Waals surface area (Å²) in [6.45, 7) is 0. The minimum atomic E-state index is -0.293. The van der Waals surface area contributed by atoms with Gasteiger partial charge in [-0.15, -0.1) is 0 Å². The van der Waals surface area contributed by atoms with Crippen molar-refractivity contribution in [1.29, 1.82) is 0 Å². The Morgan fingerprint density at radius 2 is 2.05 bits per heavy atom. The number of aromatic nitrogens is 5. The molecule has 0 aliphatic rings. The van der Waals surface area contributed by atoms with E-state index in [1.54, 1.807) is 30.5 Å². The first-order valence-corrected chi connectivity index (χ1v) is 6.47. The van der Waals surface area contributed by atoms with Crippen LogP contribution in [0.5, 0.6) is 0 Å². The van der Waals surface area contributed by atoms with Crippen molar-refractivity contribution in [2.45, 2.75) is 0 Å². The number of hydrogen-bond donors (Lipinski definition) is 2. The van der Waals surface area contributed by atoms with Crippen molar-refractivity contribution < 1.29 is 4.79 Å². The summed E-state index contributed by atoms with van der Waals surface area (Å²) in [6, 6.07) is 8.83. The molecule has 104 valence electrons. The summed E-state index contributed by atoms with van der Waals surface area (Å²) in [7, 11) is 0. The Labute approximate surface area is 124 Å². The first-order valence-electron chi connectivity index (χ1n) is 6.06. The van der Waals surface area contributed by atoms with E-state index >= 15 is 0 Å². The van der Waals surface area contributed by atoms with Gasteiger partial charge in [-0.1, -0.05) is 18.2 Å². The third kappa shape index (κ3) is 2.70. The molecule has 0 unspecified atom stereocenters. The molecule has 0 radical (unpaired) electrons. The second kappa shape index (κ2) is 5.63. The fraction of sp³-hybridized carbons (Fsp3) is 0. The first-order chi connectivity index (χ1) is 10.3. The predicted octanol–water partition coefficient (Wildman–Crippen LogP) is 1.78. The van der Waals surface area contributed by atoms with Crippen LogP contribution in [0.4, 0.5) is 0 Å². The maximum atomic E-state index is 12.2. The van der Waals surface area contributed by atoms with Crippen LogP contribution in [0.3, 0.4) is 0 Å². The Bertz CT molecular complexity index is 811. The van der Waals surface area contributed by atoms with Crippen molar-refractivity contribution in [3.63, 3.8) is 0 Å². The monoisotopic (exact) mass is 298 g/mol. The number of rotatable bonds is 3. The van der Waals surface area contributed by atoms with Crippen molar-refractivity contribution in [2.24, 2.45) is 0 Å². The number of carbonyl (C=O) groups is 1. The van der Waals surface area contributed by atoms with E-state index in [0.29, 0.717) is 17.1 Å². The highest BCUT2D eigenvalue weighted by molar-refractivity contribution is 7.71. The van der Waals surface area contributed by atoms with E-state index in [2.05, 4.69) is 25.6 Å². The number of hydrogen-bond acceptors (Lipinski definition) is 5. The second-order valence-corrected chi connectivity index (χ2v) is 4.47. The van der Waals surface area contributed by atoms with Crippen molar-refractivity contribution in [3.8, 4) is 11.5 Å². The first kappa shape index (κ1) is 13.1. The summed E-state index contributed by atoms with van der Waals surface area (Å²) in [5.41, 5.74) is 3.70. The van der Waals surface area contributed by atoms with E-state index in [9.17, 15) is 4.79 Å². The van der Waals surface area contributed by atoms with Crippen LogP contribution in [0, 0.1) is 4.77 Å². The lowest BCUT2D eigenvalue weighted by molar-refractivity contribution is 0.101. The standard InChI is InChI=1S/C13H10N6OS/c20-12(9-4-2-1-3-5-9)18-19-11(16-17-13(19)21)10-8-14-6-7-15-10/h1-8H,(H,17,21)(H,18,20). The molecule has 0 atom stereocenters. The molecule has 0 spiro atoms. The smallest absolute Gasteiger partial charge is 0.267 e. The maximum absolute atomic E-state index is 12.2. The highest BCUT2D eigenvalue weighted by Crippen LogP contribution is 2.11. The molecule has 3 rings (SSSR count). The zero-order valence-corrected chi connectivity index (χ0v) is 11.5. The highest BCUT2D eigenvalue weighted by atomic mass is 32.1. The fourth-order valence-electron chi connectivity index (χ4n) is 1.74. The van der Waals surface area contributed by atoms with Crippen LogP contribution in [0.15, 0.2) is 48.9 Å². The van der Waals surface area contributed by atoms with E-state index in [-0.39, 0.29) is 10.7 Å². The number of nitrogens with one attached hydrogen (secondary N) is 2. The van der Waals surface area contributed by atoms with Gasteiger partial charge in [0, 0.05) is 18.0 Å². The molecule has 1 amide bonds. The van der Waals surface area contributed by atoms with E-state index < -0.39 is 0 Å². The number of H-pyrrole nitrogens is 1. The third-order valence-corrected chi connectivity index (χ3v) is 2.99. The highest BCUT2D eigenvalue weighted by Gasteiger charge is 2.13. The van der Waals surface area contributed by atoms with Gasteiger partial charge >= 0.3 is 0 Å². The van der Waals surface area contributed by atoms with E-state index in [1.807, 2.05) is 6.07 Å². The molecule has 0 aliphatic carbocycles. The average molecular weight is 298 g/mol. The molecule has 7 nitrogen and oxygen atoms in total. The van der Waals surface area contributed by atoms with Gasteiger partial charge in [0.25, 0.3) is 5.91 Å². The van der Waals surface area contributed by atoms with Gasteiger partial charge in [0.15, 0.2) is 0 Å². The Balaban J connectivity index is 1.95. The van der Waals surface area contributed by atoms with Gasteiger partial charge in [-0.05, 0) is 24.4 Å². The molecular formula is C13H10N6OS. The molecule has 21 heavy (non-hydrogen) atoms. The van der Waals surface area contributed by atoms with Crippen LogP contribution >= 0.6 is 12.2 Å². The Morgan fingerprint density at radius 1 is 1.24 bits per heavy atom. The van der Waals surface area contributed by atoms with Gasteiger partial charge in [0.1, 0.15) is 5.69 Å². The lowest BCUT2D eigenvalue weighted by Gasteiger charge is -2.08. The van der Waals surface area contributed by atoms with E-state index in [1.165, 1.54) is 17.1 Å². The summed E-state index contributed by atoms with van der Waals surface area (Å²) < 4.78 is 1.63. The summed E-state index contributed by atoms with van der Waals surface area (Å²) in [5, 5.41) is 6.69. The van der Waals surface area contributed by atoms with Crippen molar-refractivity contribution in [3.05, 3.63) is 59.3 Å². The summed E-state index contributed by atoms with van der Waals surface area (Å²) in [4.78, 5) is 20.3. The lowest BCUT2D eigenvalue weighted by Crippen LogP contribution is -2.24. The zero-order chi connectivity index (χ0) is 14.7. The average Bonchev–Trinajstić information content (AvgIpc) is 2.90. The third-order valence-electron chi connectivity index (χ3n) is 2.71. The molecule has 0 saturated heterocycles. The minimum absolute atomic E-state index is 0.264. The lowest BCUT2D eigenvalue weighted by atomic mass is 10.2. The van der Waals surface area contributed by atoms with Crippen LogP contribution < -0.4 is 5.43 Å². The Kier molecular flexibility index (Phi) is 3.52.